The summed E-state index contributed by atoms with van der Waals surface area (Å²) in [6.45, 7) is 3.80. The monoisotopic (exact) mass is 504 g/mol. The average molecular weight is 505 g/mol. The van der Waals surface area contributed by atoms with Crippen LogP contribution in [0.15, 0.2) is 40.1 Å². The van der Waals surface area contributed by atoms with E-state index >= 15 is 0 Å². The normalized spacial score (nSPS) is 19.0. The molecule has 0 radical (unpaired) electrons. The molecule has 1 amide bonds. The third kappa shape index (κ3) is 5.06. The third-order valence-electron chi connectivity index (χ3n) is 6.46. The molecule has 1 aliphatic carbocycles. The maximum Gasteiger partial charge on any atom is 0.337 e. The van der Waals surface area contributed by atoms with Gasteiger partial charge in [0.15, 0.2) is 17.3 Å². The Morgan fingerprint density at radius 2 is 1.81 bits per heavy atom. The van der Waals surface area contributed by atoms with Crippen molar-refractivity contribution in [3.63, 3.8) is 0 Å². The Balaban J connectivity index is 1.68. The van der Waals surface area contributed by atoms with E-state index in [2.05, 4.69) is 10.3 Å². The van der Waals surface area contributed by atoms with Gasteiger partial charge in [0.2, 0.25) is 5.91 Å². The van der Waals surface area contributed by atoms with Gasteiger partial charge in [-0.15, -0.1) is 0 Å². The molecule has 192 valence electrons. The van der Waals surface area contributed by atoms with Crippen molar-refractivity contribution in [3.05, 3.63) is 68.8 Å². The van der Waals surface area contributed by atoms with E-state index < -0.39 is 46.8 Å². The number of halogens is 3. The molecule has 1 atom stereocenters. The summed E-state index contributed by atoms with van der Waals surface area (Å²) >= 11 is 0. The molecule has 1 aliphatic rings. The molecule has 1 fully saturated rings. The fraction of sp³-hybridized carbons (Fsp3) is 0.440. The molecule has 0 spiro atoms. The van der Waals surface area contributed by atoms with Gasteiger partial charge in [0.25, 0.3) is 5.56 Å². The van der Waals surface area contributed by atoms with Crippen molar-refractivity contribution in [2.24, 2.45) is 5.92 Å². The number of nitrogens with one attached hydrogen (secondary N) is 1. The number of hydrogen-bond acceptors (Lipinski definition) is 5. The Kier molecular flexibility index (Phi) is 7.30. The van der Waals surface area contributed by atoms with Crippen LogP contribution in [-0.2, 0) is 4.79 Å². The number of pyridine rings is 1. The van der Waals surface area contributed by atoms with Gasteiger partial charge in [-0.3, -0.25) is 14.2 Å². The minimum atomic E-state index is -1.19. The molecule has 0 saturated heterocycles. The molecule has 4 rings (SSSR count). The minimum absolute atomic E-state index is 0.0585. The number of benzene rings is 1. The Morgan fingerprint density at radius 3 is 2.44 bits per heavy atom. The lowest BCUT2D eigenvalue weighted by Crippen LogP contribution is -2.46. The fourth-order valence-electron chi connectivity index (χ4n) is 4.69. The fourth-order valence-corrected chi connectivity index (χ4v) is 4.69. The highest BCUT2D eigenvalue weighted by Crippen LogP contribution is 2.28. The van der Waals surface area contributed by atoms with Crippen LogP contribution in [0.3, 0.4) is 0 Å². The van der Waals surface area contributed by atoms with E-state index in [0.29, 0.717) is 32.1 Å². The summed E-state index contributed by atoms with van der Waals surface area (Å²) < 4.78 is 43.5. The number of aliphatic hydroxyl groups excluding tert-OH is 1. The molecule has 2 N–H and O–H groups in total. The lowest BCUT2D eigenvalue weighted by molar-refractivity contribution is -0.131. The van der Waals surface area contributed by atoms with Gasteiger partial charge >= 0.3 is 5.69 Å². The topological polar surface area (TPSA) is 106 Å². The van der Waals surface area contributed by atoms with Gasteiger partial charge in [-0.25, -0.2) is 27.5 Å². The first-order valence-corrected chi connectivity index (χ1v) is 11.8. The molecule has 3 aromatic rings. The van der Waals surface area contributed by atoms with Crippen LogP contribution in [0.25, 0.3) is 16.7 Å². The number of hydrogen-bond donors (Lipinski definition) is 2. The number of carbonyl (C=O) groups excluding carboxylic acids is 1. The Hall–Kier alpha value is -3.47. The van der Waals surface area contributed by atoms with Gasteiger partial charge in [-0.2, -0.15) is 0 Å². The largest absolute Gasteiger partial charge is 0.383 e. The number of amides is 1. The van der Waals surface area contributed by atoms with E-state index in [0.717, 1.165) is 33.5 Å². The summed E-state index contributed by atoms with van der Waals surface area (Å²) in [4.78, 5) is 42.9. The summed E-state index contributed by atoms with van der Waals surface area (Å²) in [7, 11) is 0. The van der Waals surface area contributed by atoms with Crippen molar-refractivity contribution in [2.45, 2.75) is 64.1 Å². The molecule has 0 bridgehead atoms. The molecule has 36 heavy (non-hydrogen) atoms. The summed E-state index contributed by atoms with van der Waals surface area (Å²) in [5.41, 5.74) is -1.77. The first kappa shape index (κ1) is 25.6. The van der Waals surface area contributed by atoms with Crippen LogP contribution in [0, 0.1) is 23.4 Å². The molecule has 2 aromatic heterocycles. The SMILES string of the molecule is CC(C)CC(O)C(=O)NC1CCC(n2c(=O)c3cc(F)cnc3n(-c3ccc(F)c(F)c3)c2=O)CC1. The van der Waals surface area contributed by atoms with E-state index in [-0.39, 0.29) is 28.7 Å². The van der Waals surface area contributed by atoms with Gasteiger partial charge in [0, 0.05) is 18.2 Å². The second-order valence-electron chi connectivity index (χ2n) is 9.58. The van der Waals surface area contributed by atoms with E-state index in [1.807, 2.05) is 13.8 Å². The van der Waals surface area contributed by atoms with Gasteiger partial charge in [0.05, 0.1) is 17.3 Å². The van der Waals surface area contributed by atoms with Gasteiger partial charge in [0.1, 0.15) is 11.9 Å². The van der Waals surface area contributed by atoms with E-state index in [4.69, 9.17) is 0 Å². The minimum Gasteiger partial charge on any atom is -0.383 e. The molecule has 2 heterocycles. The number of fused-ring (bicyclic) bond motifs is 1. The van der Waals surface area contributed by atoms with Crippen LogP contribution in [0.5, 0.6) is 0 Å². The van der Waals surface area contributed by atoms with Crippen molar-refractivity contribution >= 4 is 16.9 Å². The lowest BCUT2D eigenvalue weighted by Gasteiger charge is -2.31. The second-order valence-corrected chi connectivity index (χ2v) is 9.58. The van der Waals surface area contributed by atoms with Crippen molar-refractivity contribution in [1.29, 1.82) is 0 Å². The van der Waals surface area contributed by atoms with E-state index in [9.17, 15) is 32.7 Å². The van der Waals surface area contributed by atoms with Crippen LogP contribution >= 0.6 is 0 Å². The predicted molar refractivity (Wildman–Crippen MR) is 126 cm³/mol. The summed E-state index contributed by atoms with van der Waals surface area (Å²) in [6.07, 6.45) is 1.66. The Bertz CT molecular complexity index is 1410. The quantitative estimate of drug-likeness (QED) is 0.537. The molecule has 1 aromatic carbocycles. The zero-order valence-corrected chi connectivity index (χ0v) is 19.9. The van der Waals surface area contributed by atoms with Gasteiger partial charge < -0.3 is 10.4 Å². The Morgan fingerprint density at radius 1 is 1.11 bits per heavy atom. The molecular weight excluding hydrogens is 477 g/mol. The van der Waals surface area contributed by atoms with E-state index in [1.54, 1.807) is 0 Å². The van der Waals surface area contributed by atoms with Crippen molar-refractivity contribution in [2.75, 3.05) is 0 Å². The highest BCUT2D eigenvalue weighted by molar-refractivity contribution is 5.80. The molecule has 1 unspecified atom stereocenters. The zero-order chi connectivity index (χ0) is 26.1. The number of aromatic nitrogens is 3. The number of rotatable bonds is 6. The number of carbonyl (C=O) groups is 1. The molecule has 0 aliphatic heterocycles. The molecule has 8 nitrogen and oxygen atoms in total. The van der Waals surface area contributed by atoms with Crippen LogP contribution in [0.2, 0.25) is 0 Å². The van der Waals surface area contributed by atoms with Crippen LogP contribution in [-0.4, -0.2) is 37.3 Å². The Labute approximate surface area is 204 Å². The summed E-state index contributed by atoms with van der Waals surface area (Å²) in [6, 6.07) is 2.99. The van der Waals surface area contributed by atoms with Crippen LogP contribution in [0.1, 0.15) is 52.0 Å². The number of aliphatic hydroxyl groups is 1. The van der Waals surface area contributed by atoms with Crippen LogP contribution in [0.4, 0.5) is 13.2 Å². The predicted octanol–water partition coefficient (Wildman–Crippen LogP) is 2.97. The average Bonchev–Trinajstić information content (AvgIpc) is 2.82. The molecule has 1 saturated carbocycles. The first-order valence-electron chi connectivity index (χ1n) is 11.8. The highest BCUT2D eigenvalue weighted by atomic mass is 19.2. The maximum atomic E-state index is 14.0. The zero-order valence-electron chi connectivity index (χ0n) is 19.9. The molecular formula is C25H27F3N4O4. The third-order valence-corrected chi connectivity index (χ3v) is 6.46. The van der Waals surface area contributed by atoms with Gasteiger partial charge in [-0.05, 0) is 56.2 Å². The lowest BCUT2D eigenvalue weighted by atomic mass is 9.90. The van der Waals surface area contributed by atoms with Crippen molar-refractivity contribution < 1.29 is 23.1 Å². The van der Waals surface area contributed by atoms with E-state index in [1.165, 1.54) is 6.07 Å². The summed E-state index contributed by atoms with van der Waals surface area (Å²) in [5, 5.41) is 12.7. The van der Waals surface area contributed by atoms with Crippen LogP contribution < -0.4 is 16.6 Å². The number of nitrogens with zero attached hydrogens (tertiary/aromatic N) is 3. The molecule has 11 heteroatoms. The van der Waals surface area contributed by atoms with Crippen molar-refractivity contribution in [1.82, 2.24) is 19.4 Å². The smallest absolute Gasteiger partial charge is 0.337 e. The van der Waals surface area contributed by atoms with Crippen molar-refractivity contribution in [3.8, 4) is 5.69 Å². The summed E-state index contributed by atoms with van der Waals surface area (Å²) in [5.74, 6) is -3.40. The standard InChI is InChI=1S/C25H27F3N4O4/c1-13(2)9-21(33)23(34)30-15-3-5-16(6-4-15)32-24(35)18-10-14(26)12-29-22(18)31(25(32)36)17-7-8-19(27)20(28)11-17/h7-8,10-13,15-16,21,33H,3-6,9H2,1-2H3,(H,30,34). The second kappa shape index (κ2) is 10.3. The highest BCUT2D eigenvalue weighted by Gasteiger charge is 2.29. The first-order chi connectivity index (χ1) is 17.1. The maximum absolute atomic E-state index is 14.0. The van der Waals surface area contributed by atoms with Gasteiger partial charge in [-0.1, -0.05) is 13.8 Å².